The summed E-state index contributed by atoms with van der Waals surface area (Å²) in [5.74, 6) is -0.295. The summed E-state index contributed by atoms with van der Waals surface area (Å²) in [6, 6.07) is 16.1. The van der Waals surface area contributed by atoms with Crippen molar-refractivity contribution in [2.75, 3.05) is 32.7 Å². The summed E-state index contributed by atoms with van der Waals surface area (Å²) in [5.41, 5.74) is 1.33. The first kappa shape index (κ1) is 22.5. The molecule has 0 unspecified atom stereocenters. The molecule has 1 saturated heterocycles. The molecule has 0 radical (unpaired) electrons. The number of rotatable bonds is 7. The van der Waals surface area contributed by atoms with Crippen LogP contribution in [0, 0.1) is 11.7 Å². The lowest BCUT2D eigenvalue weighted by Gasteiger charge is -2.40. The van der Waals surface area contributed by atoms with Crippen LogP contribution in [0.3, 0.4) is 0 Å². The maximum absolute atomic E-state index is 14.0. The Morgan fingerprint density at radius 2 is 1.59 bits per heavy atom. The molecule has 1 heterocycles. The third kappa shape index (κ3) is 5.36. The van der Waals surface area contributed by atoms with Gasteiger partial charge in [0.15, 0.2) is 0 Å². The van der Waals surface area contributed by atoms with Gasteiger partial charge >= 0.3 is 0 Å². The molecule has 1 aliphatic heterocycles. The van der Waals surface area contributed by atoms with Crippen molar-refractivity contribution >= 4 is 11.8 Å². The van der Waals surface area contributed by atoms with Crippen LogP contribution < -0.4 is 5.32 Å². The Morgan fingerprint density at radius 3 is 2.28 bits per heavy atom. The van der Waals surface area contributed by atoms with Gasteiger partial charge in [0, 0.05) is 32.7 Å². The summed E-state index contributed by atoms with van der Waals surface area (Å²) < 4.78 is 14.0. The van der Waals surface area contributed by atoms with Gasteiger partial charge in [0.2, 0.25) is 5.91 Å². The standard InChI is InChI=1S/C26H32FN3O2/c27-23-13-7-6-12-22(23)26(32)30-18-16-29(17-19-30)24(21-10-4-5-11-21)25(31)28-15-14-20-8-2-1-3-9-20/h1-3,6-9,12-13,21,24H,4-5,10-11,14-19H2,(H,28,31)/t24-/m0/s1. The van der Waals surface area contributed by atoms with Gasteiger partial charge in [-0.3, -0.25) is 14.5 Å². The van der Waals surface area contributed by atoms with Crippen molar-refractivity contribution in [3.63, 3.8) is 0 Å². The molecule has 6 heteroatoms. The number of halogens is 1. The molecule has 2 aromatic carbocycles. The number of piperazine rings is 1. The quantitative estimate of drug-likeness (QED) is 0.721. The normalized spacial score (nSPS) is 18.5. The van der Waals surface area contributed by atoms with E-state index in [-0.39, 0.29) is 23.4 Å². The first-order chi connectivity index (χ1) is 15.6. The maximum Gasteiger partial charge on any atom is 0.256 e. The molecule has 0 aromatic heterocycles. The molecule has 2 aromatic rings. The van der Waals surface area contributed by atoms with Crippen LogP contribution in [-0.4, -0.2) is 60.4 Å². The van der Waals surface area contributed by atoms with Crippen LogP contribution in [0.2, 0.25) is 0 Å². The van der Waals surface area contributed by atoms with Crippen LogP contribution in [0.25, 0.3) is 0 Å². The summed E-state index contributed by atoms with van der Waals surface area (Å²) in [4.78, 5) is 29.9. The summed E-state index contributed by atoms with van der Waals surface area (Å²) in [5, 5.41) is 3.16. The Balaban J connectivity index is 1.35. The van der Waals surface area contributed by atoms with Gasteiger partial charge in [-0.15, -0.1) is 0 Å². The van der Waals surface area contributed by atoms with E-state index in [9.17, 15) is 14.0 Å². The average Bonchev–Trinajstić information content (AvgIpc) is 3.35. The Bertz CT molecular complexity index is 906. The summed E-state index contributed by atoms with van der Waals surface area (Å²) in [6.45, 7) is 2.90. The predicted octanol–water partition coefficient (Wildman–Crippen LogP) is 3.50. The predicted molar refractivity (Wildman–Crippen MR) is 123 cm³/mol. The van der Waals surface area contributed by atoms with Crippen molar-refractivity contribution in [2.24, 2.45) is 5.92 Å². The smallest absolute Gasteiger partial charge is 0.256 e. The second kappa shape index (κ2) is 10.7. The zero-order valence-electron chi connectivity index (χ0n) is 18.5. The van der Waals surface area contributed by atoms with E-state index in [1.54, 1.807) is 17.0 Å². The van der Waals surface area contributed by atoms with Gasteiger partial charge in [0.1, 0.15) is 5.82 Å². The fourth-order valence-electron chi connectivity index (χ4n) is 5.04. The highest BCUT2D eigenvalue weighted by molar-refractivity contribution is 5.94. The zero-order valence-corrected chi connectivity index (χ0v) is 18.5. The van der Waals surface area contributed by atoms with Crippen molar-refractivity contribution in [1.82, 2.24) is 15.1 Å². The first-order valence-corrected chi connectivity index (χ1v) is 11.7. The highest BCUT2D eigenvalue weighted by Crippen LogP contribution is 2.31. The third-order valence-electron chi connectivity index (χ3n) is 6.77. The number of carbonyl (C=O) groups excluding carboxylic acids is 2. The van der Waals surface area contributed by atoms with E-state index in [0.29, 0.717) is 38.6 Å². The molecule has 0 spiro atoms. The Hall–Kier alpha value is -2.73. The molecule has 2 fully saturated rings. The maximum atomic E-state index is 14.0. The minimum Gasteiger partial charge on any atom is -0.354 e. The molecule has 1 saturated carbocycles. The molecule has 170 valence electrons. The van der Waals surface area contributed by atoms with Crippen LogP contribution >= 0.6 is 0 Å². The van der Waals surface area contributed by atoms with Crippen LogP contribution in [0.4, 0.5) is 4.39 Å². The third-order valence-corrected chi connectivity index (χ3v) is 6.77. The number of amides is 2. The molecule has 2 amide bonds. The molecule has 2 aliphatic rings. The van der Waals surface area contributed by atoms with E-state index in [1.165, 1.54) is 30.5 Å². The number of benzene rings is 2. The molecular formula is C26H32FN3O2. The van der Waals surface area contributed by atoms with Gasteiger partial charge in [0.25, 0.3) is 5.91 Å². The van der Waals surface area contributed by atoms with Gasteiger partial charge in [-0.25, -0.2) is 4.39 Å². The monoisotopic (exact) mass is 437 g/mol. The summed E-state index contributed by atoms with van der Waals surface area (Å²) in [6.07, 6.45) is 5.31. The Kier molecular flexibility index (Phi) is 7.53. The largest absolute Gasteiger partial charge is 0.354 e. The van der Waals surface area contributed by atoms with Gasteiger partial charge < -0.3 is 10.2 Å². The van der Waals surface area contributed by atoms with Crippen molar-refractivity contribution in [1.29, 1.82) is 0 Å². The van der Waals surface area contributed by atoms with Gasteiger partial charge in [0.05, 0.1) is 11.6 Å². The molecule has 0 bridgehead atoms. The van der Waals surface area contributed by atoms with E-state index in [1.807, 2.05) is 18.2 Å². The molecule has 4 rings (SSSR count). The van der Waals surface area contributed by atoms with Crippen LogP contribution in [0.15, 0.2) is 54.6 Å². The zero-order chi connectivity index (χ0) is 22.3. The average molecular weight is 438 g/mol. The molecule has 32 heavy (non-hydrogen) atoms. The summed E-state index contributed by atoms with van der Waals surface area (Å²) in [7, 11) is 0. The minimum absolute atomic E-state index is 0.0988. The number of hydrogen-bond donors (Lipinski definition) is 1. The van der Waals surface area contributed by atoms with Gasteiger partial charge in [-0.2, -0.15) is 0 Å². The van der Waals surface area contributed by atoms with Gasteiger partial charge in [-0.05, 0) is 42.9 Å². The lowest BCUT2D eigenvalue weighted by Crippen LogP contribution is -2.58. The highest BCUT2D eigenvalue weighted by atomic mass is 19.1. The lowest BCUT2D eigenvalue weighted by atomic mass is 9.94. The Morgan fingerprint density at radius 1 is 0.938 bits per heavy atom. The summed E-state index contributed by atoms with van der Waals surface area (Å²) >= 11 is 0. The first-order valence-electron chi connectivity index (χ1n) is 11.7. The van der Waals surface area contributed by atoms with Gasteiger partial charge in [-0.1, -0.05) is 55.3 Å². The van der Waals surface area contributed by atoms with E-state index >= 15 is 0 Å². The van der Waals surface area contributed by atoms with Crippen molar-refractivity contribution < 1.29 is 14.0 Å². The number of nitrogens with zero attached hydrogens (tertiary/aromatic N) is 2. The molecule has 1 N–H and O–H groups in total. The minimum atomic E-state index is -0.485. The topological polar surface area (TPSA) is 52.7 Å². The molecule has 1 atom stereocenters. The SMILES string of the molecule is O=C(NCCc1ccccc1)[C@H](C1CCCC1)N1CCN(C(=O)c2ccccc2F)CC1. The van der Waals surface area contributed by atoms with E-state index in [0.717, 1.165) is 19.3 Å². The van der Waals surface area contributed by atoms with Crippen LogP contribution in [0.5, 0.6) is 0 Å². The lowest BCUT2D eigenvalue weighted by molar-refractivity contribution is -0.129. The second-order valence-electron chi connectivity index (χ2n) is 8.82. The molecule has 5 nitrogen and oxygen atoms in total. The van der Waals surface area contributed by atoms with Crippen LogP contribution in [0.1, 0.15) is 41.6 Å². The van der Waals surface area contributed by atoms with Crippen LogP contribution in [-0.2, 0) is 11.2 Å². The number of carbonyl (C=O) groups is 2. The van der Waals surface area contributed by atoms with E-state index in [2.05, 4.69) is 22.3 Å². The molecule has 1 aliphatic carbocycles. The van der Waals surface area contributed by atoms with E-state index in [4.69, 9.17) is 0 Å². The second-order valence-corrected chi connectivity index (χ2v) is 8.82. The van der Waals surface area contributed by atoms with Crippen molar-refractivity contribution in [3.8, 4) is 0 Å². The molecular weight excluding hydrogens is 405 g/mol. The van der Waals surface area contributed by atoms with Crippen molar-refractivity contribution in [3.05, 3.63) is 71.5 Å². The fourth-order valence-corrected chi connectivity index (χ4v) is 5.04. The van der Waals surface area contributed by atoms with E-state index < -0.39 is 5.82 Å². The van der Waals surface area contributed by atoms with Crippen molar-refractivity contribution in [2.45, 2.75) is 38.1 Å². The number of nitrogens with one attached hydrogen (secondary N) is 1. The Labute approximate surface area is 189 Å². The fraction of sp³-hybridized carbons (Fsp3) is 0.462. The highest BCUT2D eigenvalue weighted by Gasteiger charge is 2.37. The number of hydrogen-bond acceptors (Lipinski definition) is 3.